The molecule has 5 nitrogen and oxygen atoms in total. The Morgan fingerprint density at radius 3 is 1.37 bits per heavy atom. The van der Waals surface area contributed by atoms with Crippen LogP contribution in [0, 0.1) is 22.7 Å². The Morgan fingerprint density at radius 1 is 0.443 bits per heavy atom. The second-order valence-electron chi connectivity index (χ2n) is 20.4. The SMILES string of the molecule is C[Si](C)(C)c1ccc(N(c2ccc(C#N)cc2)c2ccc3c(c2)C(c2ccccc2)(c2ccccc2)c2cc(N(c4ccc(C#N)cc4)c4ccc([Si](C)(C)C)cc4)c4c(oc5ccccc54)c2-3)cc1. The van der Waals surface area contributed by atoms with E-state index in [1.54, 1.807) is 0 Å². The zero-order valence-corrected chi connectivity index (χ0v) is 42.3. The number of para-hydroxylation sites is 1. The first-order chi connectivity index (χ1) is 33.9. The summed E-state index contributed by atoms with van der Waals surface area (Å²) in [7, 11) is -3.22. The lowest BCUT2D eigenvalue weighted by Crippen LogP contribution is -2.37. The van der Waals surface area contributed by atoms with Gasteiger partial charge in [-0.15, -0.1) is 0 Å². The first-order valence-electron chi connectivity index (χ1n) is 23.9. The van der Waals surface area contributed by atoms with Crippen LogP contribution in [0.3, 0.4) is 0 Å². The molecule has 0 bridgehead atoms. The number of nitriles is 2. The Bertz CT molecular complexity index is 3630. The molecule has 1 aliphatic carbocycles. The van der Waals surface area contributed by atoms with Crippen molar-refractivity contribution in [3.8, 4) is 23.3 Å². The highest BCUT2D eigenvalue weighted by Crippen LogP contribution is 2.61. The molecule has 0 fully saturated rings. The maximum atomic E-state index is 9.96. The van der Waals surface area contributed by atoms with Gasteiger partial charge in [0.05, 0.1) is 55.9 Å². The first-order valence-corrected chi connectivity index (χ1v) is 30.9. The minimum atomic E-state index is -1.63. The zero-order chi connectivity index (χ0) is 48.4. The van der Waals surface area contributed by atoms with Gasteiger partial charge >= 0.3 is 0 Å². The number of benzene rings is 9. The first kappa shape index (κ1) is 44.3. The summed E-state index contributed by atoms with van der Waals surface area (Å²) < 4.78 is 7.26. The molecule has 1 heterocycles. The Kier molecular flexibility index (Phi) is 10.8. The van der Waals surface area contributed by atoms with E-state index in [2.05, 4.69) is 225 Å². The van der Waals surface area contributed by atoms with Gasteiger partial charge in [0.15, 0.2) is 0 Å². The van der Waals surface area contributed by atoms with Crippen molar-refractivity contribution < 1.29 is 4.42 Å². The van der Waals surface area contributed by atoms with Crippen molar-refractivity contribution >= 4 is 82.6 Å². The molecule has 11 rings (SSSR count). The van der Waals surface area contributed by atoms with Gasteiger partial charge in [-0.1, -0.05) is 159 Å². The van der Waals surface area contributed by atoms with Crippen LogP contribution < -0.4 is 20.2 Å². The number of hydrogen-bond acceptors (Lipinski definition) is 5. The zero-order valence-electron chi connectivity index (χ0n) is 40.3. The molecule has 70 heavy (non-hydrogen) atoms. The average Bonchev–Trinajstić information content (AvgIpc) is 3.91. The number of anilines is 6. The lowest BCUT2D eigenvalue weighted by Gasteiger charge is -2.36. The largest absolute Gasteiger partial charge is 0.455 e. The van der Waals surface area contributed by atoms with Crippen molar-refractivity contribution in [1.82, 2.24) is 0 Å². The molecule has 0 saturated heterocycles. The molecule has 1 aliphatic rings. The average molecular weight is 937 g/mol. The number of fused-ring (bicyclic) bond motifs is 7. The Labute approximate surface area is 412 Å². The predicted octanol–water partition coefficient (Wildman–Crippen LogP) is 15.7. The number of rotatable bonds is 10. The monoisotopic (exact) mass is 936 g/mol. The molecule has 9 aromatic carbocycles. The van der Waals surface area contributed by atoms with E-state index in [9.17, 15) is 10.5 Å². The van der Waals surface area contributed by atoms with Crippen LogP contribution in [-0.4, -0.2) is 16.1 Å². The quantitative estimate of drug-likeness (QED) is 0.128. The molecule has 7 heteroatoms. The fraction of sp³-hybridized carbons (Fsp3) is 0.111. The van der Waals surface area contributed by atoms with E-state index in [4.69, 9.17) is 4.42 Å². The van der Waals surface area contributed by atoms with Crippen LogP contribution >= 0.6 is 0 Å². The highest BCUT2D eigenvalue weighted by Gasteiger charge is 2.49. The van der Waals surface area contributed by atoms with Gasteiger partial charge < -0.3 is 14.2 Å². The summed E-state index contributed by atoms with van der Waals surface area (Å²) in [5.41, 5.74) is 14.6. The van der Waals surface area contributed by atoms with Crippen LogP contribution in [0.2, 0.25) is 39.3 Å². The second kappa shape index (κ2) is 17.1. The van der Waals surface area contributed by atoms with E-state index in [1.165, 1.54) is 10.4 Å². The van der Waals surface area contributed by atoms with Crippen LogP contribution in [0.25, 0.3) is 33.1 Å². The van der Waals surface area contributed by atoms with E-state index < -0.39 is 21.6 Å². The summed E-state index contributed by atoms with van der Waals surface area (Å²) in [5.74, 6) is 0. The Balaban J connectivity index is 1.26. The lowest BCUT2D eigenvalue weighted by atomic mass is 9.67. The molecule has 10 aromatic rings. The third-order valence-corrected chi connectivity index (χ3v) is 18.2. The minimum Gasteiger partial charge on any atom is -0.455 e. The van der Waals surface area contributed by atoms with Gasteiger partial charge in [0.1, 0.15) is 11.2 Å². The van der Waals surface area contributed by atoms with E-state index >= 15 is 0 Å². The van der Waals surface area contributed by atoms with Crippen molar-refractivity contribution in [3.63, 3.8) is 0 Å². The highest BCUT2D eigenvalue weighted by molar-refractivity contribution is 6.89. The van der Waals surface area contributed by atoms with Crippen molar-refractivity contribution in [2.75, 3.05) is 9.80 Å². The molecule has 338 valence electrons. The highest BCUT2D eigenvalue weighted by atomic mass is 28.3. The molecular formula is C63H52N4OSi2. The normalized spacial score (nSPS) is 12.8. The van der Waals surface area contributed by atoms with Gasteiger partial charge in [-0.3, -0.25) is 0 Å². The van der Waals surface area contributed by atoms with Crippen LogP contribution in [0.1, 0.15) is 33.4 Å². The number of hydrogen-bond donors (Lipinski definition) is 0. The molecule has 0 spiro atoms. The van der Waals surface area contributed by atoms with Crippen LogP contribution in [0.15, 0.2) is 211 Å². The third-order valence-electron chi connectivity index (χ3n) is 14.1. The molecule has 0 unspecified atom stereocenters. The van der Waals surface area contributed by atoms with Crippen LogP contribution in [0.5, 0.6) is 0 Å². The van der Waals surface area contributed by atoms with Gasteiger partial charge in [-0.05, 0) is 125 Å². The molecular weight excluding hydrogens is 885 g/mol. The van der Waals surface area contributed by atoms with Crippen LogP contribution in [0.4, 0.5) is 34.1 Å². The number of nitrogens with zero attached hydrogens (tertiary/aromatic N) is 4. The molecule has 0 amide bonds. The molecule has 0 aliphatic heterocycles. The number of furan rings is 1. The maximum absolute atomic E-state index is 9.96. The van der Waals surface area contributed by atoms with Crippen molar-refractivity contribution in [2.24, 2.45) is 0 Å². The van der Waals surface area contributed by atoms with E-state index in [1.807, 2.05) is 42.5 Å². The van der Waals surface area contributed by atoms with Gasteiger partial charge in [0, 0.05) is 39.4 Å². The molecule has 0 radical (unpaired) electrons. The summed E-state index contributed by atoms with van der Waals surface area (Å²) >= 11 is 0. The van der Waals surface area contributed by atoms with Gasteiger partial charge in [0.25, 0.3) is 0 Å². The van der Waals surface area contributed by atoms with Gasteiger partial charge in [-0.25, -0.2) is 0 Å². The second-order valence-corrected chi connectivity index (χ2v) is 30.6. The Hall–Kier alpha value is -8.21. The van der Waals surface area contributed by atoms with Gasteiger partial charge in [0.2, 0.25) is 0 Å². The molecule has 0 saturated carbocycles. The maximum Gasteiger partial charge on any atom is 0.145 e. The fourth-order valence-corrected chi connectivity index (χ4v) is 12.9. The minimum absolute atomic E-state index is 0.603. The summed E-state index contributed by atoms with van der Waals surface area (Å²) in [6, 6.07) is 78.2. The molecule has 1 aromatic heterocycles. The summed E-state index contributed by atoms with van der Waals surface area (Å²) in [5, 5.41) is 24.6. The summed E-state index contributed by atoms with van der Waals surface area (Å²) in [6.45, 7) is 14.3. The lowest BCUT2D eigenvalue weighted by molar-refractivity contribution is 0.669. The fourth-order valence-electron chi connectivity index (χ4n) is 10.6. The summed E-state index contributed by atoms with van der Waals surface area (Å²) in [6.07, 6.45) is 0. The van der Waals surface area contributed by atoms with E-state index in [-0.39, 0.29) is 0 Å². The van der Waals surface area contributed by atoms with Gasteiger partial charge in [-0.2, -0.15) is 10.5 Å². The third kappa shape index (κ3) is 7.34. The standard InChI is InChI=1S/C63H52N4OSi2/c1-69(2,3)52-34-29-48(30-35-52)66(47-25-21-43(41-64)22-26-47)51-33-38-54-56(39-51)63(45-15-9-7-10-16-45,46-17-11-8-12-18-46)57-40-58(61-55-19-13-14-20-59(55)68-62(61)60(54)57)67(49-27-23-44(42-65)24-28-49)50-31-36-53(37-32-50)70(4,5)6/h7-40H,1-6H3. The molecule has 0 N–H and O–H groups in total. The van der Waals surface area contributed by atoms with Crippen molar-refractivity contribution in [1.29, 1.82) is 10.5 Å². The van der Waals surface area contributed by atoms with E-state index in [0.29, 0.717) is 11.1 Å². The smallest absolute Gasteiger partial charge is 0.145 e. The topological polar surface area (TPSA) is 67.2 Å². The van der Waals surface area contributed by atoms with E-state index in [0.717, 1.165) is 89.4 Å². The summed E-state index contributed by atoms with van der Waals surface area (Å²) in [4.78, 5) is 4.67. The van der Waals surface area contributed by atoms with Crippen LogP contribution in [-0.2, 0) is 5.41 Å². The van der Waals surface area contributed by atoms with Crippen molar-refractivity contribution in [2.45, 2.75) is 44.7 Å². The predicted molar refractivity (Wildman–Crippen MR) is 296 cm³/mol. The Morgan fingerprint density at radius 2 is 0.886 bits per heavy atom. The molecule has 0 atom stereocenters. The van der Waals surface area contributed by atoms with Crippen molar-refractivity contribution in [3.05, 3.63) is 240 Å².